The number of ether oxygens (including phenoxy) is 1. The van der Waals surface area contributed by atoms with E-state index in [2.05, 4.69) is 24.5 Å². The van der Waals surface area contributed by atoms with Crippen LogP contribution in [0.3, 0.4) is 0 Å². The van der Waals surface area contributed by atoms with Gasteiger partial charge in [0.05, 0.1) is 6.04 Å². The number of likely N-dealkylation sites (tertiary alicyclic amines) is 1. The molecule has 10 heteroatoms. The van der Waals surface area contributed by atoms with Crippen LogP contribution in [0.2, 0.25) is 0 Å². The molecule has 0 spiro atoms. The lowest BCUT2D eigenvalue weighted by Crippen LogP contribution is -2.60. The summed E-state index contributed by atoms with van der Waals surface area (Å²) in [6.45, 7) is 15.2. The fraction of sp³-hybridized carbons (Fsp3) is 0.815. The minimum Gasteiger partial charge on any atom is -0.444 e. The van der Waals surface area contributed by atoms with E-state index < -0.39 is 52.8 Å². The maximum absolute atomic E-state index is 13.9. The van der Waals surface area contributed by atoms with Gasteiger partial charge in [0, 0.05) is 6.54 Å². The average Bonchev–Trinajstić information content (AvgIpc) is 3.06. The molecule has 2 aliphatic carbocycles. The van der Waals surface area contributed by atoms with Gasteiger partial charge in [-0.1, -0.05) is 53.9 Å². The Bertz CT molecular complexity index is 959. The first-order valence-corrected chi connectivity index (χ1v) is 13.2. The first kappa shape index (κ1) is 28.9. The highest BCUT2D eigenvalue weighted by atomic mass is 16.6. The van der Waals surface area contributed by atoms with Crippen molar-refractivity contribution in [1.82, 2.24) is 21.3 Å². The van der Waals surface area contributed by atoms with Gasteiger partial charge in [0.2, 0.25) is 17.6 Å². The molecule has 10 nitrogen and oxygen atoms in total. The zero-order valence-electron chi connectivity index (χ0n) is 23.4. The van der Waals surface area contributed by atoms with Gasteiger partial charge in [-0.25, -0.2) is 4.79 Å². The topological polar surface area (TPSA) is 146 Å². The van der Waals surface area contributed by atoms with Crippen LogP contribution in [0.25, 0.3) is 0 Å². The molecule has 4 amide bonds. The maximum atomic E-state index is 13.9. The summed E-state index contributed by atoms with van der Waals surface area (Å²) in [5, 5.41) is 5.44. The van der Waals surface area contributed by atoms with Crippen LogP contribution < -0.4 is 16.4 Å². The van der Waals surface area contributed by atoms with Gasteiger partial charge >= 0.3 is 12.0 Å². The number of Topliss-reactive ketones (excluding diaryl/α,β-unsaturated/α-hetero) is 1. The zero-order valence-corrected chi connectivity index (χ0v) is 23.4. The van der Waals surface area contributed by atoms with Crippen LogP contribution in [0.4, 0.5) is 4.79 Å². The molecule has 37 heavy (non-hydrogen) atoms. The van der Waals surface area contributed by atoms with Crippen molar-refractivity contribution in [2.75, 3.05) is 6.54 Å². The predicted octanol–water partition coefficient (Wildman–Crippen LogP) is 2.46. The maximum Gasteiger partial charge on any atom is 0.408 e. The van der Waals surface area contributed by atoms with Gasteiger partial charge in [0.15, 0.2) is 0 Å². The molecule has 3 N–H and O–H groups in total. The van der Waals surface area contributed by atoms with Gasteiger partial charge in [-0.2, -0.15) is 0 Å². The van der Waals surface area contributed by atoms with Crippen molar-refractivity contribution in [2.45, 2.75) is 105 Å². The molecule has 0 aromatic rings. The second kappa shape index (κ2) is 9.91. The van der Waals surface area contributed by atoms with E-state index >= 15 is 0 Å². The van der Waals surface area contributed by atoms with Gasteiger partial charge in [-0.15, -0.1) is 0 Å². The SMILES string of the molecule is CC(C)(C)OC(=O)N[C@H](C(=O)N1CC2[C@@H]([C@H]1C(=O)NC(CC1CCC1)C(=O)C([NH])=O)C2(C)C)C(C)(C)C. The number of carbonyl (C=O) groups excluding carboxylic acids is 5. The predicted molar refractivity (Wildman–Crippen MR) is 136 cm³/mol. The summed E-state index contributed by atoms with van der Waals surface area (Å²) in [7, 11) is 0. The summed E-state index contributed by atoms with van der Waals surface area (Å²) in [6.07, 6.45) is 2.47. The number of piperidine rings is 1. The molecule has 0 bridgehead atoms. The lowest BCUT2D eigenvalue weighted by atomic mass is 9.80. The van der Waals surface area contributed by atoms with Crippen molar-refractivity contribution >= 4 is 29.6 Å². The van der Waals surface area contributed by atoms with E-state index in [0.717, 1.165) is 19.3 Å². The number of nitrogens with zero attached hydrogens (tertiary/aromatic N) is 1. The molecule has 3 aliphatic rings. The van der Waals surface area contributed by atoms with E-state index in [1.807, 2.05) is 20.8 Å². The Morgan fingerprint density at radius 2 is 1.62 bits per heavy atom. The monoisotopic (exact) mass is 519 g/mol. The molecule has 0 aromatic heterocycles. The number of nitrogens with one attached hydrogen (secondary N) is 3. The molecular weight excluding hydrogens is 476 g/mol. The van der Waals surface area contributed by atoms with Crippen LogP contribution in [0.1, 0.15) is 81.1 Å². The number of hydrogen-bond donors (Lipinski definition) is 2. The molecule has 2 unspecified atom stereocenters. The van der Waals surface area contributed by atoms with Crippen LogP contribution in [0.5, 0.6) is 0 Å². The largest absolute Gasteiger partial charge is 0.444 e. The van der Waals surface area contributed by atoms with E-state index in [0.29, 0.717) is 13.0 Å². The number of hydrogen-bond acceptors (Lipinski definition) is 6. The molecule has 1 radical (unpaired) electrons. The Balaban J connectivity index is 1.83. The third kappa shape index (κ3) is 6.26. The van der Waals surface area contributed by atoms with Crippen molar-refractivity contribution in [1.29, 1.82) is 0 Å². The van der Waals surface area contributed by atoms with E-state index in [4.69, 9.17) is 10.5 Å². The third-order valence-electron chi connectivity index (χ3n) is 8.18. The smallest absolute Gasteiger partial charge is 0.408 e. The van der Waals surface area contributed by atoms with E-state index in [-0.39, 0.29) is 29.1 Å². The van der Waals surface area contributed by atoms with Crippen molar-refractivity contribution < 1.29 is 28.7 Å². The normalized spacial score (nSPS) is 26.3. The summed E-state index contributed by atoms with van der Waals surface area (Å²) in [5.41, 5.74) is 5.73. The summed E-state index contributed by atoms with van der Waals surface area (Å²) in [6, 6.07) is -2.85. The second-order valence-corrected chi connectivity index (χ2v) is 13.6. The minimum atomic E-state index is -1.33. The van der Waals surface area contributed by atoms with Crippen molar-refractivity contribution in [3.8, 4) is 0 Å². The second-order valence-electron chi connectivity index (χ2n) is 13.6. The molecule has 1 saturated heterocycles. The number of alkyl carbamates (subject to hydrolysis) is 1. The standard InChI is InChI=1S/C27H43N4O6/c1-25(2,3)20(30-24(36)37-26(4,5)6)23(35)31-13-15-17(27(15,7)8)18(31)22(34)29-16(19(32)21(28)33)12-14-10-9-11-14/h14-18,20,28H,9-13H2,1-8H3,(H,29,34)(H,30,36)/t15?,16?,17-,18-,20+/m0/s1. The molecule has 2 saturated carbocycles. The van der Waals surface area contributed by atoms with Gasteiger partial charge in [0.1, 0.15) is 17.7 Å². The number of ketones is 1. The van der Waals surface area contributed by atoms with Crippen molar-refractivity contribution in [2.24, 2.45) is 28.6 Å². The Morgan fingerprint density at radius 3 is 2.08 bits per heavy atom. The number of amides is 4. The van der Waals surface area contributed by atoms with Crippen LogP contribution in [0, 0.1) is 28.6 Å². The van der Waals surface area contributed by atoms with E-state index in [9.17, 15) is 24.0 Å². The van der Waals surface area contributed by atoms with Gasteiger partial charge in [0.25, 0.3) is 0 Å². The highest BCUT2D eigenvalue weighted by Gasteiger charge is 2.70. The molecule has 3 rings (SSSR count). The number of fused-ring (bicyclic) bond motifs is 1. The van der Waals surface area contributed by atoms with Gasteiger partial charge in [-0.05, 0) is 55.8 Å². The molecule has 3 fully saturated rings. The summed E-state index contributed by atoms with van der Waals surface area (Å²) < 4.78 is 5.38. The average molecular weight is 520 g/mol. The molecule has 0 aromatic carbocycles. The molecular formula is C27H43N4O6. The fourth-order valence-corrected chi connectivity index (χ4v) is 5.76. The van der Waals surface area contributed by atoms with Gasteiger partial charge < -0.3 is 20.3 Å². The van der Waals surface area contributed by atoms with Crippen molar-refractivity contribution in [3.63, 3.8) is 0 Å². The van der Waals surface area contributed by atoms with Crippen molar-refractivity contribution in [3.05, 3.63) is 0 Å². The Labute approximate surface area is 219 Å². The Kier molecular flexibility index (Phi) is 7.74. The Morgan fingerprint density at radius 1 is 1.03 bits per heavy atom. The fourth-order valence-electron chi connectivity index (χ4n) is 5.76. The first-order valence-electron chi connectivity index (χ1n) is 13.2. The summed E-state index contributed by atoms with van der Waals surface area (Å²) >= 11 is 0. The highest BCUT2D eigenvalue weighted by molar-refractivity contribution is 6.37. The molecule has 1 heterocycles. The first-order chi connectivity index (χ1) is 16.8. The lowest BCUT2D eigenvalue weighted by molar-refractivity contribution is -0.145. The minimum absolute atomic E-state index is 0.105. The quantitative estimate of drug-likeness (QED) is 0.471. The molecule has 5 atom stereocenters. The van der Waals surface area contributed by atoms with Gasteiger partial charge in [-0.3, -0.25) is 24.9 Å². The third-order valence-corrected chi connectivity index (χ3v) is 8.18. The van der Waals surface area contributed by atoms with Crippen LogP contribution in [-0.2, 0) is 23.9 Å². The molecule has 1 aliphatic heterocycles. The molecule has 207 valence electrons. The van der Waals surface area contributed by atoms with E-state index in [1.54, 1.807) is 20.8 Å². The lowest BCUT2D eigenvalue weighted by Gasteiger charge is -2.38. The van der Waals surface area contributed by atoms with Crippen LogP contribution >= 0.6 is 0 Å². The zero-order chi connectivity index (χ0) is 28.1. The summed E-state index contributed by atoms with van der Waals surface area (Å²) in [5.74, 6) is -2.92. The number of carbonyl (C=O) groups is 5. The van der Waals surface area contributed by atoms with E-state index in [1.165, 1.54) is 4.90 Å². The summed E-state index contributed by atoms with van der Waals surface area (Å²) in [4.78, 5) is 65.7. The Hall–Kier alpha value is -2.65. The highest BCUT2D eigenvalue weighted by Crippen LogP contribution is 2.65. The van der Waals surface area contributed by atoms with Crippen LogP contribution in [-0.4, -0.2) is 64.8 Å². The number of rotatable bonds is 8. The van der Waals surface area contributed by atoms with Crippen LogP contribution in [0.15, 0.2) is 0 Å².